The van der Waals surface area contributed by atoms with Gasteiger partial charge >= 0.3 is 0 Å². The van der Waals surface area contributed by atoms with Gasteiger partial charge in [0.15, 0.2) is 0 Å². The van der Waals surface area contributed by atoms with Gasteiger partial charge in [0.25, 0.3) is 0 Å². The summed E-state index contributed by atoms with van der Waals surface area (Å²) < 4.78 is 0. The number of piperidine rings is 1. The molecule has 4 atom stereocenters. The van der Waals surface area contributed by atoms with Gasteiger partial charge in [0.2, 0.25) is 5.91 Å². The molecule has 0 radical (unpaired) electrons. The molecule has 0 spiro atoms. The largest absolute Gasteiger partial charge is 0.351 e. The molecule has 2 aliphatic heterocycles. The van der Waals surface area contributed by atoms with E-state index in [1.807, 2.05) is 0 Å². The van der Waals surface area contributed by atoms with Crippen molar-refractivity contribution in [3.63, 3.8) is 0 Å². The van der Waals surface area contributed by atoms with E-state index in [4.69, 9.17) is 0 Å². The predicted molar refractivity (Wildman–Crippen MR) is 78.0 cm³/mol. The van der Waals surface area contributed by atoms with E-state index in [1.54, 1.807) is 0 Å². The van der Waals surface area contributed by atoms with Crippen molar-refractivity contribution in [2.45, 2.75) is 52.1 Å². The van der Waals surface area contributed by atoms with Gasteiger partial charge in [-0.05, 0) is 44.6 Å². The fourth-order valence-electron chi connectivity index (χ4n) is 3.63. The van der Waals surface area contributed by atoms with Crippen LogP contribution in [0.1, 0.15) is 40.0 Å². The molecule has 19 heavy (non-hydrogen) atoms. The average molecular weight is 267 g/mol. The van der Waals surface area contributed by atoms with Gasteiger partial charge in [-0.1, -0.05) is 13.8 Å². The molecule has 2 aliphatic rings. The molecule has 0 aromatic heterocycles. The fourth-order valence-corrected chi connectivity index (χ4v) is 3.63. The van der Waals surface area contributed by atoms with Gasteiger partial charge in [0.05, 0.1) is 6.04 Å². The van der Waals surface area contributed by atoms with E-state index in [0.29, 0.717) is 0 Å². The molecular formula is C15H29N3O. The molecule has 4 heteroatoms. The molecule has 4 nitrogen and oxygen atoms in total. The topological polar surface area (TPSA) is 44.4 Å². The molecule has 1 amide bonds. The Morgan fingerprint density at radius 3 is 2.63 bits per heavy atom. The molecule has 0 aliphatic carbocycles. The smallest absolute Gasteiger partial charge is 0.237 e. The zero-order valence-electron chi connectivity index (χ0n) is 12.6. The number of hydrogen-bond donors (Lipinski definition) is 2. The molecular weight excluding hydrogens is 238 g/mol. The maximum atomic E-state index is 12.0. The number of nitrogens with zero attached hydrogens (tertiary/aromatic N) is 1. The molecule has 2 rings (SSSR count). The van der Waals surface area contributed by atoms with Crippen LogP contribution in [-0.2, 0) is 4.79 Å². The summed E-state index contributed by atoms with van der Waals surface area (Å²) in [5.41, 5.74) is 0. The number of rotatable bonds is 4. The molecule has 0 aromatic rings. The van der Waals surface area contributed by atoms with Crippen molar-refractivity contribution in [2.24, 2.45) is 11.8 Å². The molecule has 4 unspecified atom stereocenters. The van der Waals surface area contributed by atoms with E-state index in [2.05, 4.69) is 36.3 Å². The van der Waals surface area contributed by atoms with Crippen LogP contribution in [-0.4, -0.2) is 49.1 Å². The second-order valence-corrected chi connectivity index (χ2v) is 6.72. The minimum absolute atomic E-state index is 0.0432. The number of amides is 1. The van der Waals surface area contributed by atoms with Crippen LogP contribution in [0.25, 0.3) is 0 Å². The van der Waals surface area contributed by atoms with Crippen LogP contribution in [0.4, 0.5) is 0 Å². The minimum Gasteiger partial charge on any atom is -0.351 e. The summed E-state index contributed by atoms with van der Waals surface area (Å²) in [6.07, 6.45) is 3.44. The van der Waals surface area contributed by atoms with Crippen LogP contribution in [0.3, 0.4) is 0 Å². The Morgan fingerprint density at radius 1 is 1.37 bits per heavy atom. The SMILES string of the molecule is CC1CC(C)CN(CC(C)NC(=O)C2CCCN2)C1. The van der Waals surface area contributed by atoms with Crippen LogP contribution in [0, 0.1) is 11.8 Å². The second kappa shape index (κ2) is 6.71. The van der Waals surface area contributed by atoms with Crippen molar-refractivity contribution in [3.8, 4) is 0 Å². The van der Waals surface area contributed by atoms with Crippen LogP contribution in [0.15, 0.2) is 0 Å². The van der Waals surface area contributed by atoms with E-state index in [1.165, 1.54) is 19.5 Å². The number of hydrogen-bond acceptors (Lipinski definition) is 3. The third kappa shape index (κ3) is 4.46. The summed E-state index contributed by atoms with van der Waals surface area (Å²) in [5, 5.41) is 6.41. The molecule has 0 aromatic carbocycles. The Labute approximate surface area is 117 Å². The fraction of sp³-hybridized carbons (Fsp3) is 0.933. The van der Waals surface area contributed by atoms with Crippen LogP contribution >= 0.6 is 0 Å². The van der Waals surface area contributed by atoms with Crippen molar-refractivity contribution < 1.29 is 4.79 Å². The van der Waals surface area contributed by atoms with E-state index >= 15 is 0 Å². The molecule has 0 saturated carbocycles. The Balaban J connectivity index is 1.74. The first-order chi connectivity index (χ1) is 9.04. The first kappa shape index (κ1) is 14.8. The Morgan fingerprint density at radius 2 is 2.05 bits per heavy atom. The van der Waals surface area contributed by atoms with Crippen molar-refractivity contribution in [1.82, 2.24) is 15.5 Å². The molecule has 2 heterocycles. The van der Waals surface area contributed by atoms with Crippen molar-refractivity contribution in [3.05, 3.63) is 0 Å². The lowest BCUT2D eigenvalue weighted by atomic mass is 9.92. The highest BCUT2D eigenvalue weighted by Crippen LogP contribution is 2.20. The number of carbonyl (C=O) groups is 1. The summed E-state index contributed by atoms with van der Waals surface area (Å²) in [6.45, 7) is 11.1. The lowest BCUT2D eigenvalue weighted by Gasteiger charge is -2.36. The number of carbonyl (C=O) groups excluding carboxylic acids is 1. The first-order valence-electron chi connectivity index (χ1n) is 7.80. The highest BCUT2D eigenvalue weighted by atomic mass is 16.2. The van der Waals surface area contributed by atoms with Gasteiger partial charge in [-0.3, -0.25) is 4.79 Å². The predicted octanol–water partition coefficient (Wildman–Crippen LogP) is 1.22. The van der Waals surface area contributed by atoms with E-state index < -0.39 is 0 Å². The number of nitrogens with one attached hydrogen (secondary N) is 2. The molecule has 2 fully saturated rings. The Kier molecular flexibility index (Phi) is 5.22. The normalized spacial score (nSPS) is 34.2. The summed E-state index contributed by atoms with van der Waals surface area (Å²) in [5.74, 6) is 1.74. The first-order valence-corrected chi connectivity index (χ1v) is 7.80. The average Bonchev–Trinajstić information content (AvgIpc) is 2.80. The monoisotopic (exact) mass is 267 g/mol. The lowest BCUT2D eigenvalue weighted by molar-refractivity contribution is -0.123. The lowest BCUT2D eigenvalue weighted by Crippen LogP contribution is -2.50. The van der Waals surface area contributed by atoms with Crippen molar-refractivity contribution in [2.75, 3.05) is 26.2 Å². The summed E-state index contributed by atoms with van der Waals surface area (Å²) in [7, 11) is 0. The summed E-state index contributed by atoms with van der Waals surface area (Å²) >= 11 is 0. The van der Waals surface area contributed by atoms with Crippen LogP contribution in [0.5, 0.6) is 0 Å². The third-order valence-electron chi connectivity index (χ3n) is 4.24. The second-order valence-electron chi connectivity index (χ2n) is 6.72. The quantitative estimate of drug-likeness (QED) is 0.805. The third-order valence-corrected chi connectivity index (χ3v) is 4.24. The standard InChI is InChI=1S/C15H29N3O/c1-11-7-12(2)9-18(8-11)10-13(3)17-15(19)14-5-4-6-16-14/h11-14,16H,4-10H2,1-3H3,(H,17,19). The van der Waals surface area contributed by atoms with Crippen molar-refractivity contribution in [1.29, 1.82) is 0 Å². The van der Waals surface area contributed by atoms with Gasteiger partial charge in [0, 0.05) is 25.7 Å². The molecule has 110 valence electrons. The Bertz CT molecular complexity index is 292. The van der Waals surface area contributed by atoms with Crippen LogP contribution in [0.2, 0.25) is 0 Å². The highest BCUT2D eigenvalue weighted by Gasteiger charge is 2.26. The summed E-state index contributed by atoms with van der Waals surface area (Å²) in [4.78, 5) is 14.5. The van der Waals surface area contributed by atoms with E-state index in [9.17, 15) is 4.79 Å². The van der Waals surface area contributed by atoms with Gasteiger partial charge in [-0.25, -0.2) is 0 Å². The molecule has 2 N–H and O–H groups in total. The van der Waals surface area contributed by atoms with Gasteiger partial charge in [-0.2, -0.15) is 0 Å². The highest BCUT2D eigenvalue weighted by molar-refractivity contribution is 5.82. The zero-order valence-corrected chi connectivity index (χ0v) is 12.6. The molecule has 2 saturated heterocycles. The van der Waals surface area contributed by atoms with E-state index in [-0.39, 0.29) is 18.0 Å². The van der Waals surface area contributed by atoms with Crippen LogP contribution < -0.4 is 10.6 Å². The minimum atomic E-state index is 0.0432. The van der Waals surface area contributed by atoms with E-state index in [0.717, 1.165) is 37.8 Å². The van der Waals surface area contributed by atoms with Gasteiger partial charge in [0.1, 0.15) is 0 Å². The Hall–Kier alpha value is -0.610. The van der Waals surface area contributed by atoms with Gasteiger partial charge < -0.3 is 15.5 Å². The van der Waals surface area contributed by atoms with Gasteiger partial charge in [-0.15, -0.1) is 0 Å². The van der Waals surface area contributed by atoms with Crippen molar-refractivity contribution >= 4 is 5.91 Å². The summed E-state index contributed by atoms with van der Waals surface area (Å²) in [6, 6.07) is 0.286. The zero-order chi connectivity index (χ0) is 13.8. The maximum Gasteiger partial charge on any atom is 0.237 e. The number of likely N-dealkylation sites (tertiary alicyclic amines) is 1. The molecule has 0 bridgehead atoms. The maximum absolute atomic E-state index is 12.0.